The Labute approximate surface area is 156 Å². The van der Waals surface area contributed by atoms with Crippen molar-refractivity contribution in [1.29, 1.82) is 0 Å². The molecular weight excluding hydrogens is 352 g/mol. The van der Waals surface area contributed by atoms with Crippen LogP contribution < -0.4 is 19.6 Å². The molecule has 26 heavy (non-hydrogen) atoms. The Hall–Kier alpha value is -2.55. The molecule has 1 aromatic heterocycles. The summed E-state index contributed by atoms with van der Waals surface area (Å²) in [6.07, 6.45) is 2.31. The maximum absolute atomic E-state index is 11.6. The lowest BCUT2D eigenvalue weighted by Gasteiger charge is -2.22. The highest BCUT2D eigenvalue weighted by Gasteiger charge is 2.21. The van der Waals surface area contributed by atoms with Crippen molar-refractivity contribution in [2.45, 2.75) is 26.7 Å². The number of carbonyl (C=O) groups is 1. The predicted octanol–water partition coefficient (Wildman–Crippen LogP) is 3.26. The van der Waals surface area contributed by atoms with E-state index in [1.807, 2.05) is 26.1 Å². The Morgan fingerprint density at radius 1 is 1.35 bits per heavy atom. The van der Waals surface area contributed by atoms with Crippen molar-refractivity contribution in [3.05, 3.63) is 17.1 Å². The van der Waals surface area contributed by atoms with Crippen molar-refractivity contribution >= 4 is 39.4 Å². The minimum absolute atomic E-state index is 0.154. The number of aromatic nitrogens is 2. The van der Waals surface area contributed by atoms with E-state index in [0.29, 0.717) is 16.5 Å². The number of hydrogen-bond acceptors (Lipinski definition) is 7. The lowest BCUT2D eigenvalue weighted by Crippen LogP contribution is -2.29. The number of nitrogens with one attached hydrogen (secondary N) is 1. The summed E-state index contributed by atoms with van der Waals surface area (Å²) in [5.74, 6) is 0.568. The standard InChI is InChI=1S/C17H22N6O2S/c1-11(24)18-13-9-15(23-7-5-6-8-23)16(25-4)10-14(13)19-20-17-22(3)21-12(2)26-17/h9-10H,5-8H2,1-4H3/p+1. The van der Waals surface area contributed by atoms with Gasteiger partial charge >= 0.3 is 5.13 Å². The first-order chi connectivity index (χ1) is 12.5. The lowest BCUT2D eigenvalue weighted by molar-refractivity contribution is -0.714. The van der Waals surface area contributed by atoms with E-state index in [9.17, 15) is 4.79 Å². The summed E-state index contributed by atoms with van der Waals surface area (Å²) in [5, 5.41) is 17.3. The molecule has 2 heterocycles. The number of carbonyl (C=O) groups excluding carboxylic acids is 1. The van der Waals surface area contributed by atoms with Gasteiger partial charge in [-0.3, -0.25) is 4.79 Å². The topological polar surface area (TPSA) is 83.1 Å². The zero-order valence-electron chi connectivity index (χ0n) is 15.4. The zero-order chi connectivity index (χ0) is 18.7. The van der Waals surface area contributed by atoms with Crippen LogP contribution in [0.4, 0.5) is 22.2 Å². The second-order valence-electron chi connectivity index (χ2n) is 6.14. The van der Waals surface area contributed by atoms with Crippen LogP contribution in [0.15, 0.2) is 22.4 Å². The third kappa shape index (κ3) is 3.98. The van der Waals surface area contributed by atoms with Gasteiger partial charge in [-0.1, -0.05) is 5.10 Å². The quantitative estimate of drug-likeness (QED) is 0.642. The molecule has 0 bridgehead atoms. The molecule has 0 aliphatic carbocycles. The van der Waals surface area contributed by atoms with E-state index in [0.717, 1.165) is 42.4 Å². The van der Waals surface area contributed by atoms with E-state index >= 15 is 0 Å². The Kier molecular flexibility index (Phi) is 5.46. The van der Waals surface area contributed by atoms with Crippen molar-refractivity contribution in [3.63, 3.8) is 0 Å². The summed E-state index contributed by atoms with van der Waals surface area (Å²) in [7, 11) is 3.46. The molecule has 0 atom stereocenters. The van der Waals surface area contributed by atoms with Crippen LogP contribution in [0.5, 0.6) is 5.75 Å². The van der Waals surface area contributed by atoms with Gasteiger partial charge < -0.3 is 15.0 Å². The van der Waals surface area contributed by atoms with E-state index in [1.165, 1.54) is 18.3 Å². The smallest absolute Gasteiger partial charge is 0.430 e. The van der Waals surface area contributed by atoms with Crippen molar-refractivity contribution in [2.75, 3.05) is 30.4 Å². The number of amides is 1. The van der Waals surface area contributed by atoms with Gasteiger partial charge in [-0.05, 0) is 42.3 Å². The van der Waals surface area contributed by atoms with Crippen molar-refractivity contribution in [2.24, 2.45) is 17.3 Å². The Morgan fingerprint density at radius 2 is 2.08 bits per heavy atom. The Balaban J connectivity index is 2.01. The molecule has 1 aliphatic rings. The largest absolute Gasteiger partial charge is 0.494 e. The van der Waals surface area contributed by atoms with E-state index < -0.39 is 0 Å². The Morgan fingerprint density at radius 3 is 2.65 bits per heavy atom. The molecule has 1 fully saturated rings. The van der Waals surface area contributed by atoms with Crippen LogP contribution in [0.3, 0.4) is 0 Å². The van der Waals surface area contributed by atoms with Gasteiger partial charge in [0.1, 0.15) is 23.5 Å². The predicted molar refractivity (Wildman–Crippen MR) is 101 cm³/mol. The molecule has 3 rings (SSSR count). The second kappa shape index (κ2) is 7.77. The lowest BCUT2D eigenvalue weighted by atomic mass is 10.2. The third-order valence-corrected chi connectivity index (χ3v) is 5.01. The first kappa shape index (κ1) is 18.2. The molecule has 1 aliphatic heterocycles. The molecular formula is C17H23N6O2S+. The number of hydrogen-bond donors (Lipinski definition) is 1. The molecule has 138 valence electrons. The Bertz CT molecular complexity index is 842. The minimum Gasteiger partial charge on any atom is -0.494 e. The second-order valence-corrected chi connectivity index (χ2v) is 7.30. The van der Waals surface area contributed by atoms with Gasteiger partial charge in [0, 0.05) is 26.1 Å². The average Bonchev–Trinajstić information content (AvgIpc) is 3.22. The van der Waals surface area contributed by atoms with E-state index in [2.05, 4.69) is 25.5 Å². The molecule has 1 amide bonds. The molecule has 1 saturated heterocycles. The van der Waals surface area contributed by atoms with Gasteiger partial charge in [-0.2, -0.15) is 0 Å². The first-order valence-electron chi connectivity index (χ1n) is 8.48. The van der Waals surface area contributed by atoms with Gasteiger partial charge in [0.2, 0.25) is 5.91 Å². The van der Waals surface area contributed by atoms with Gasteiger partial charge in [-0.25, -0.2) is 0 Å². The molecule has 0 saturated carbocycles. The monoisotopic (exact) mass is 375 g/mol. The first-order valence-corrected chi connectivity index (χ1v) is 9.29. The summed E-state index contributed by atoms with van der Waals surface area (Å²) >= 11 is 1.45. The van der Waals surface area contributed by atoms with Crippen LogP contribution in [0, 0.1) is 6.92 Å². The summed E-state index contributed by atoms with van der Waals surface area (Å²) in [6, 6.07) is 3.73. The van der Waals surface area contributed by atoms with Crippen LogP contribution in [0.25, 0.3) is 0 Å². The summed E-state index contributed by atoms with van der Waals surface area (Å²) in [6.45, 7) is 5.35. The normalized spacial score (nSPS) is 14.2. The fourth-order valence-corrected chi connectivity index (χ4v) is 3.64. The number of azo groups is 1. The fraction of sp³-hybridized carbons (Fsp3) is 0.471. The van der Waals surface area contributed by atoms with Crippen molar-refractivity contribution in [1.82, 2.24) is 5.10 Å². The van der Waals surface area contributed by atoms with E-state index in [-0.39, 0.29) is 5.91 Å². The van der Waals surface area contributed by atoms with Crippen LogP contribution in [0.2, 0.25) is 0 Å². The maximum atomic E-state index is 11.6. The zero-order valence-corrected chi connectivity index (χ0v) is 16.3. The van der Waals surface area contributed by atoms with Gasteiger partial charge in [0.15, 0.2) is 0 Å². The molecule has 1 N–H and O–H groups in total. The maximum Gasteiger partial charge on any atom is 0.430 e. The van der Waals surface area contributed by atoms with Gasteiger partial charge in [0.05, 0.1) is 23.6 Å². The molecule has 1 aromatic carbocycles. The van der Waals surface area contributed by atoms with Crippen LogP contribution in [0.1, 0.15) is 24.8 Å². The van der Waals surface area contributed by atoms with E-state index in [4.69, 9.17) is 4.74 Å². The van der Waals surface area contributed by atoms with Crippen LogP contribution in [-0.2, 0) is 11.8 Å². The van der Waals surface area contributed by atoms with E-state index in [1.54, 1.807) is 11.8 Å². The number of benzene rings is 1. The highest BCUT2D eigenvalue weighted by Crippen LogP contribution is 2.40. The summed E-state index contributed by atoms with van der Waals surface area (Å²) < 4.78 is 7.25. The molecule has 8 nitrogen and oxygen atoms in total. The third-order valence-electron chi connectivity index (χ3n) is 4.10. The SMILES string of the molecule is COc1cc(N=Nc2sc(C)n[n+]2C)c(NC(C)=O)cc1N1CCCC1. The molecule has 0 spiro atoms. The average molecular weight is 375 g/mol. The minimum atomic E-state index is -0.154. The summed E-state index contributed by atoms with van der Waals surface area (Å²) in [4.78, 5) is 13.9. The van der Waals surface area contributed by atoms with Crippen molar-refractivity contribution in [3.8, 4) is 5.75 Å². The number of rotatable bonds is 5. The highest BCUT2D eigenvalue weighted by atomic mass is 32.1. The van der Waals surface area contributed by atoms with Crippen LogP contribution in [-0.4, -0.2) is 31.2 Å². The molecule has 0 radical (unpaired) electrons. The molecule has 9 heteroatoms. The number of anilines is 2. The van der Waals surface area contributed by atoms with Gasteiger partial charge in [0.25, 0.3) is 0 Å². The number of methoxy groups -OCH3 is 1. The number of ether oxygens (including phenoxy) is 1. The van der Waals surface area contributed by atoms with Gasteiger partial charge in [-0.15, -0.1) is 4.68 Å². The highest BCUT2D eigenvalue weighted by molar-refractivity contribution is 7.14. The molecule has 0 unspecified atom stereocenters. The number of aryl methyl sites for hydroxylation is 2. The van der Waals surface area contributed by atoms with Crippen LogP contribution >= 0.6 is 11.3 Å². The summed E-state index contributed by atoms with van der Waals surface area (Å²) in [5.41, 5.74) is 2.13. The molecule has 2 aromatic rings. The fourth-order valence-electron chi connectivity index (χ4n) is 2.95. The van der Waals surface area contributed by atoms with Crippen molar-refractivity contribution < 1.29 is 14.2 Å². The number of nitrogens with zero attached hydrogens (tertiary/aromatic N) is 5.